The Morgan fingerprint density at radius 2 is 1.92 bits per heavy atom. The fourth-order valence-electron chi connectivity index (χ4n) is 4.86. The third kappa shape index (κ3) is 4.76. The number of pyridine rings is 1. The largest absolute Gasteiger partial charge is 0.463 e. The van der Waals surface area contributed by atoms with Crippen LogP contribution in [0, 0.1) is 5.82 Å². The van der Waals surface area contributed by atoms with Gasteiger partial charge in [0.25, 0.3) is 0 Å². The summed E-state index contributed by atoms with van der Waals surface area (Å²) in [5.41, 5.74) is -0.519. The Hall–Kier alpha value is -3.21. The second-order valence-corrected chi connectivity index (χ2v) is 10.5. The Morgan fingerprint density at radius 3 is 2.56 bits per heavy atom. The van der Waals surface area contributed by atoms with Gasteiger partial charge in [-0.2, -0.15) is 9.97 Å². The summed E-state index contributed by atoms with van der Waals surface area (Å²) in [5, 5.41) is 0.180. The third-order valence-corrected chi connectivity index (χ3v) is 6.73. The Kier molecular flexibility index (Phi) is 6.36. The molecule has 0 N–H and O–H groups in total. The predicted molar refractivity (Wildman–Crippen MR) is 132 cm³/mol. The molecule has 2 aliphatic heterocycles. The standard InChI is InChI=1S/C24H29ClFN7O3/c1-24(2,3)36-23(34)33-14-5-6-15(33)13-32(12-14)21-16-11-28-20(25)18(26)19(16)29-22(30-21)35-10-7-17-27-8-9-31(17)4/h8-9,11,14-15H,5-7,10,12-13H2,1-4H3/t14-,15+. The molecule has 0 spiro atoms. The third-order valence-electron chi connectivity index (χ3n) is 6.46. The summed E-state index contributed by atoms with van der Waals surface area (Å²) < 4.78 is 28.4. The molecule has 12 heteroatoms. The van der Waals surface area contributed by atoms with E-state index in [1.54, 1.807) is 6.20 Å². The van der Waals surface area contributed by atoms with Crippen molar-refractivity contribution in [3.05, 3.63) is 35.4 Å². The first-order valence-electron chi connectivity index (χ1n) is 12.0. The number of anilines is 1. The maximum atomic E-state index is 15.0. The van der Waals surface area contributed by atoms with Crippen LogP contribution in [0.25, 0.3) is 10.9 Å². The Morgan fingerprint density at radius 1 is 1.19 bits per heavy atom. The average molecular weight is 518 g/mol. The quantitative estimate of drug-likeness (QED) is 0.472. The number of aromatic nitrogens is 5. The number of hydrogen-bond donors (Lipinski definition) is 0. The van der Waals surface area contributed by atoms with Gasteiger partial charge in [0.1, 0.15) is 22.8 Å². The number of carbonyl (C=O) groups is 1. The highest BCUT2D eigenvalue weighted by atomic mass is 35.5. The number of imidazole rings is 1. The molecule has 3 aromatic rings. The van der Waals surface area contributed by atoms with E-state index in [-0.39, 0.29) is 41.5 Å². The van der Waals surface area contributed by atoms with E-state index < -0.39 is 11.4 Å². The van der Waals surface area contributed by atoms with Crippen molar-refractivity contribution in [3.8, 4) is 6.01 Å². The molecule has 2 atom stereocenters. The van der Waals surface area contributed by atoms with Crippen LogP contribution in [0.3, 0.4) is 0 Å². The average Bonchev–Trinajstić information content (AvgIpc) is 3.34. The van der Waals surface area contributed by atoms with Crippen LogP contribution in [-0.4, -0.2) is 72.9 Å². The number of amides is 1. The molecule has 192 valence electrons. The molecule has 0 aliphatic carbocycles. The van der Waals surface area contributed by atoms with Gasteiger partial charge in [0.05, 0.1) is 24.1 Å². The van der Waals surface area contributed by atoms with E-state index >= 15 is 0 Å². The van der Waals surface area contributed by atoms with E-state index in [1.807, 2.05) is 48.4 Å². The molecule has 1 amide bonds. The van der Waals surface area contributed by atoms with Crippen LogP contribution in [0.15, 0.2) is 18.6 Å². The molecular weight excluding hydrogens is 489 g/mol. The number of piperazine rings is 1. The summed E-state index contributed by atoms with van der Waals surface area (Å²) in [6, 6.07) is -0.0298. The molecule has 5 heterocycles. The summed E-state index contributed by atoms with van der Waals surface area (Å²) in [6.07, 6.45) is 7.00. The molecule has 36 heavy (non-hydrogen) atoms. The minimum absolute atomic E-state index is 0.0403. The first-order valence-corrected chi connectivity index (χ1v) is 12.4. The first-order chi connectivity index (χ1) is 17.1. The summed E-state index contributed by atoms with van der Waals surface area (Å²) in [6.45, 7) is 6.90. The maximum Gasteiger partial charge on any atom is 0.410 e. The van der Waals surface area contributed by atoms with E-state index in [2.05, 4.69) is 19.9 Å². The van der Waals surface area contributed by atoms with Gasteiger partial charge in [-0.1, -0.05) is 11.6 Å². The lowest BCUT2D eigenvalue weighted by atomic mass is 10.1. The Bertz CT molecular complexity index is 1280. The van der Waals surface area contributed by atoms with E-state index in [0.29, 0.717) is 30.7 Å². The normalized spacial score (nSPS) is 19.7. The van der Waals surface area contributed by atoms with E-state index in [4.69, 9.17) is 21.1 Å². The van der Waals surface area contributed by atoms with Gasteiger partial charge in [0.2, 0.25) is 0 Å². The van der Waals surface area contributed by atoms with Gasteiger partial charge >= 0.3 is 12.1 Å². The van der Waals surface area contributed by atoms with Gasteiger partial charge in [0.15, 0.2) is 11.0 Å². The fraction of sp³-hybridized carbons (Fsp3) is 0.542. The van der Waals surface area contributed by atoms with Crippen molar-refractivity contribution in [2.75, 3.05) is 24.6 Å². The second kappa shape index (κ2) is 9.34. The zero-order valence-electron chi connectivity index (χ0n) is 20.7. The molecule has 2 fully saturated rings. The predicted octanol–water partition coefficient (Wildman–Crippen LogP) is 3.76. The highest BCUT2D eigenvalue weighted by Crippen LogP contribution is 2.37. The van der Waals surface area contributed by atoms with Crippen LogP contribution >= 0.6 is 11.6 Å². The van der Waals surface area contributed by atoms with Crippen LogP contribution < -0.4 is 9.64 Å². The molecule has 0 aromatic carbocycles. The van der Waals surface area contributed by atoms with Crippen molar-refractivity contribution in [1.82, 2.24) is 29.4 Å². The molecule has 5 rings (SSSR count). The Labute approximate surface area is 213 Å². The zero-order chi connectivity index (χ0) is 25.6. The van der Waals surface area contributed by atoms with Crippen LogP contribution in [0.4, 0.5) is 15.0 Å². The minimum Gasteiger partial charge on any atom is -0.463 e. The Balaban J connectivity index is 1.42. The van der Waals surface area contributed by atoms with Gasteiger partial charge in [-0.3, -0.25) is 4.90 Å². The van der Waals surface area contributed by atoms with Gasteiger partial charge in [-0.15, -0.1) is 0 Å². The summed E-state index contributed by atoms with van der Waals surface area (Å²) >= 11 is 5.96. The van der Waals surface area contributed by atoms with Gasteiger partial charge in [0, 0.05) is 45.1 Å². The van der Waals surface area contributed by atoms with Crippen LogP contribution in [0.2, 0.25) is 5.15 Å². The molecule has 2 bridgehead atoms. The van der Waals surface area contributed by atoms with Gasteiger partial charge in [-0.25, -0.2) is 19.2 Å². The van der Waals surface area contributed by atoms with Crippen molar-refractivity contribution in [2.24, 2.45) is 7.05 Å². The number of rotatable bonds is 5. The van der Waals surface area contributed by atoms with Crippen LogP contribution in [-0.2, 0) is 18.2 Å². The van der Waals surface area contributed by atoms with Crippen molar-refractivity contribution in [2.45, 2.75) is 57.7 Å². The smallest absolute Gasteiger partial charge is 0.410 e. The van der Waals surface area contributed by atoms with E-state index in [1.165, 1.54) is 6.20 Å². The molecular formula is C24H29ClFN7O3. The number of fused-ring (bicyclic) bond motifs is 3. The number of aryl methyl sites for hydroxylation is 1. The summed E-state index contributed by atoms with van der Waals surface area (Å²) in [7, 11) is 1.91. The molecule has 10 nitrogen and oxygen atoms in total. The molecule has 0 unspecified atom stereocenters. The number of nitrogens with zero attached hydrogens (tertiary/aromatic N) is 7. The van der Waals surface area contributed by atoms with Crippen LogP contribution in [0.5, 0.6) is 6.01 Å². The zero-order valence-corrected chi connectivity index (χ0v) is 21.5. The highest BCUT2D eigenvalue weighted by molar-refractivity contribution is 6.30. The summed E-state index contributed by atoms with van der Waals surface area (Å²) in [4.78, 5) is 34.0. The van der Waals surface area contributed by atoms with Crippen molar-refractivity contribution in [1.29, 1.82) is 0 Å². The van der Waals surface area contributed by atoms with Crippen molar-refractivity contribution in [3.63, 3.8) is 0 Å². The van der Waals surface area contributed by atoms with E-state index in [0.717, 1.165) is 18.7 Å². The summed E-state index contributed by atoms with van der Waals surface area (Å²) in [5.74, 6) is 0.641. The molecule has 3 aromatic heterocycles. The molecule has 0 saturated carbocycles. The molecule has 2 aliphatic rings. The van der Waals surface area contributed by atoms with Gasteiger partial charge in [-0.05, 0) is 33.6 Å². The lowest BCUT2D eigenvalue weighted by molar-refractivity contribution is 0.0123. The van der Waals surface area contributed by atoms with Crippen molar-refractivity contribution < 1.29 is 18.7 Å². The molecule has 2 saturated heterocycles. The maximum absolute atomic E-state index is 15.0. The number of hydrogen-bond acceptors (Lipinski definition) is 8. The number of carbonyl (C=O) groups excluding carboxylic acids is 1. The van der Waals surface area contributed by atoms with Gasteiger partial charge < -0.3 is 18.9 Å². The monoisotopic (exact) mass is 517 g/mol. The lowest BCUT2D eigenvalue weighted by Crippen LogP contribution is -2.57. The SMILES string of the molecule is Cn1ccnc1CCOc1nc(N2C[C@H]3CC[C@@H](C2)N3C(=O)OC(C)(C)C)c2cnc(Cl)c(F)c2n1. The second-order valence-electron chi connectivity index (χ2n) is 10.2. The van der Waals surface area contributed by atoms with E-state index in [9.17, 15) is 9.18 Å². The van der Waals surface area contributed by atoms with Crippen LogP contribution in [0.1, 0.15) is 39.4 Å². The lowest BCUT2D eigenvalue weighted by Gasteiger charge is -2.42. The number of ether oxygens (including phenoxy) is 2. The minimum atomic E-state index is -0.720. The van der Waals surface area contributed by atoms with Crippen molar-refractivity contribution >= 4 is 34.4 Å². The fourth-order valence-corrected chi connectivity index (χ4v) is 5.00. The first kappa shape index (κ1) is 24.5. The topological polar surface area (TPSA) is 98.5 Å². The number of halogens is 2. The highest BCUT2D eigenvalue weighted by Gasteiger charge is 2.45. The molecule has 0 radical (unpaired) electrons.